The average Bonchev–Trinajstić information content (AvgIpc) is 3.10. The van der Waals surface area contributed by atoms with E-state index in [0.29, 0.717) is 29.0 Å². The molecule has 7 nitrogen and oxygen atoms in total. The molecule has 1 aromatic carbocycles. The molecule has 1 N–H and O–H groups in total. The Morgan fingerprint density at radius 3 is 2.81 bits per heavy atom. The van der Waals surface area contributed by atoms with Crippen molar-refractivity contribution in [3.8, 4) is 11.5 Å². The van der Waals surface area contributed by atoms with Crippen LogP contribution < -0.4 is 14.8 Å². The molecular weight excluding hydrogens is 366 g/mol. The third-order valence-corrected chi connectivity index (χ3v) is 5.22. The SMILES string of the molecule is CCOc1cc(C=NN=C2NC(=O)CS2)ccc1OC(=O)C1CCCCC1. The van der Waals surface area contributed by atoms with E-state index in [2.05, 4.69) is 15.5 Å². The quantitative estimate of drug-likeness (QED) is 0.349. The zero-order chi connectivity index (χ0) is 19.1. The summed E-state index contributed by atoms with van der Waals surface area (Å²) in [7, 11) is 0. The number of carbonyl (C=O) groups excluding carboxylic acids is 2. The molecule has 0 unspecified atom stereocenters. The highest BCUT2D eigenvalue weighted by Gasteiger charge is 2.24. The number of carbonyl (C=O) groups is 2. The molecule has 27 heavy (non-hydrogen) atoms. The number of nitrogens with one attached hydrogen (secondary N) is 1. The van der Waals surface area contributed by atoms with Gasteiger partial charge >= 0.3 is 5.97 Å². The Labute approximate surface area is 162 Å². The molecule has 2 fully saturated rings. The monoisotopic (exact) mass is 389 g/mol. The van der Waals surface area contributed by atoms with Gasteiger partial charge in [-0.25, -0.2) is 0 Å². The van der Waals surface area contributed by atoms with Crippen LogP contribution in [0.2, 0.25) is 0 Å². The second-order valence-electron chi connectivity index (χ2n) is 6.38. The summed E-state index contributed by atoms with van der Waals surface area (Å²) < 4.78 is 11.2. The van der Waals surface area contributed by atoms with E-state index in [1.807, 2.05) is 6.92 Å². The molecule has 0 spiro atoms. The predicted octanol–water partition coefficient (Wildman–Crippen LogP) is 3.12. The summed E-state index contributed by atoms with van der Waals surface area (Å²) in [6, 6.07) is 5.26. The molecule has 1 saturated carbocycles. The lowest BCUT2D eigenvalue weighted by Crippen LogP contribution is -2.23. The topological polar surface area (TPSA) is 89.3 Å². The fourth-order valence-electron chi connectivity index (χ4n) is 3.01. The number of amides is 1. The standard InChI is InChI=1S/C19H23N3O4S/c1-2-25-16-10-13(11-20-22-19-21-17(23)12-27-19)8-9-15(16)26-18(24)14-6-4-3-5-7-14/h8-11,14H,2-7,12H2,1H3,(H,21,22,23). The van der Waals surface area contributed by atoms with Crippen LogP contribution in [0.1, 0.15) is 44.6 Å². The molecule has 0 aromatic heterocycles. The van der Waals surface area contributed by atoms with E-state index >= 15 is 0 Å². The highest BCUT2D eigenvalue weighted by molar-refractivity contribution is 8.15. The van der Waals surface area contributed by atoms with E-state index in [-0.39, 0.29) is 17.8 Å². The van der Waals surface area contributed by atoms with Gasteiger partial charge in [-0.2, -0.15) is 5.10 Å². The van der Waals surface area contributed by atoms with Crippen molar-refractivity contribution in [3.63, 3.8) is 0 Å². The lowest BCUT2D eigenvalue weighted by Gasteiger charge is -2.20. The Bertz CT molecular complexity index is 757. The second-order valence-corrected chi connectivity index (χ2v) is 7.35. The average molecular weight is 389 g/mol. The number of amidine groups is 1. The van der Waals surface area contributed by atoms with E-state index in [1.165, 1.54) is 18.2 Å². The molecule has 2 aliphatic rings. The molecule has 0 bridgehead atoms. The van der Waals surface area contributed by atoms with Crippen molar-refractivity contribution in [1.82, 2.24) is 5.32 Å². The van der Waals surface area contributed by atoms with E-state index in [9.17, 15) is 9.59 Å². The molecule has 1 saturated heterocycles. The molecule has 8 heteroatoms. The lowest BCUT2D eigenvalue weighted by atomic mass is 9.89. The smallest absolute Gasteiger partial charge is 0.314 e. The highest BCUT2D eigenvalue weighted by atomic mass is 32.2. The molecule has 1 aromatic rings. The fraction of sp³-hybridized carbons (Fsp3) is 0.474. The summed E-state index contributed by atoms with van der Waals surface area (Å²) in [5.74, 6) is 1.01. The van der Waals surface area contributed by atoms with E-state index in [4.69, 9.17) is 9.47 Å². The molecule has 144 valence electrons. The maximum atomic E-state index is 12.4. The maximum absolute atomic E-state index is 12.4. The summed E-state index contributed by atoms with van der Waals surface area (Å²) in [6.45, 7) is 2.33. The minimum Gasteiger partial charge on any atom is -0.490 e. The zero-order valence-corrected chi connectivity index (χ0v) is 16.1. The van der Waals surface area contributed by atoms with Crippen molar-refractivity contribution in [2.45, 2.75) is 39.0 Å². The third-order valence-electron chi connectivity index (χ3n) is 4.36. The first-order valence-electron chi connectivity index (χ1n) is 9.18. The second kappa shape index (κ2) is 9.55. The van der Waals surface area contributed by atoms with Gasteiger partial charge in [0, 0.05) is 0 Å². The molecule has 3 rings (SSSR count). The molecule has 1 heterocycles. The summed E-state index contributed by atoms with van der Waals surface area (Å²) >= 11 is 1.31. The van der Waals surface area contributed by atoms with Gasteiger partial charge < -0.3 is 14.8 Å². The van der Waals surface area contributed by atoms with E-state index in [1.54, 1.807) is 24.4 Å². The van der Waals surface area contributed by atoms with Crippen LogP contribution in [0, 0.1) is 5.92 Å². The van der Waals surface area contributed by atoms with Crippen LogP contribution in [-0.2, 0) is 9.59 Å². The van der Waals surface area contributed by atoms with Crippen LogP contribution in [0.4, 0.5) is 0 Å². The van der Waals surface area contributed by atoms with Gasteiger partial charge in [0.25, 0.3) is 0 Å². The van der Waals surface area contributed by atoms with Gasteiger partial charge in [0.15, 0.2) is 16.7 Å². The molecule has 1 amide bonds. The Morgan fingerprint density at radius 2 is 2.11 bits per heavy atom. The van der Waals surface area contributed by atoms with Crippen molar-refractivity contribution in [2.24, 2.45) is 16.1 Å². The van der Waals surface area contributed by atoms with Gasteiger partial charge in [0.2, 0.25) is 5.91 Å². The Morgan fingerprint density at radius 1 is 1.30 bits per heavy atom. The van der Waals surface area contributed by atoms with Gasteiger partial charge in [-0.3, -0.25) is 9.59 Å². The van der Waals surface area contributed by atoms with Crippen LogP contribution in [0.15, 0.2) is 28.4 Å². The summed E-state index contributed by atoms with van der Waals surface area (Å²) in [6.07, 6.45) is 6.69. The van der Waals surface area contributed by atoms with Gasteiger partial charge in [-0.15, -0.1) is 5.10 Å². The van der Waals surface area contributed by atoms with Crippen LogP contribution in [0.5, 0.6) is 11.5 Å². The van der Waals surface area contributed by atoms with Crippen molar-refractivity contribution >= 4 is 35.0 Å². The Hall–Kier alpha value is -2.35. The normalized spacial score (nSPS) is 19.4. The van der Waals surface area contributed by atoms with Crippen LogP contribution >= 0.6 is 11.8 Å². The molecule has 1 aliphatic carbocycles. The molecule has 0 radical (unpaired) electrons. The first-order valence-corrected chi connectivity index (χ1v) is 10.2. The minimum atomic E-state index is -0.183. The Kier molecular flexibility index (Phi) is 6.86. The number of hydrogen-bond donors (Lipinski definition) is 1. The van der Waals surface area contributed by atoms with Crippen LogP contribution in [-0.4, -0.2) is 35.6 Å². The molecular formula is C19H23N3O4S. The first kappa shape index (κ1) is 19.4. The summed E-state index contributed by atoms with van der Waals surface area (Å²) in [5.41, 5.74) is 0.759. The van der Waals surface area contributed by atoms with Crippen LogP contribution in [0.3, 0.4) is 0 Å². The number of benzene rings is 1. The van der Waals surface area contributed by atoms with Gasteiger partial charge in [0.1, 0.15) is 0 Å². The fourth-order valence-corrected chi connectivity index (χ4v) is 3.65. The maximum Gasteiger partial charge on any atom is 0.314 e. The number of ether oxygens (including phenoxy) is 2. The van der Waals surface area contributed by atoms with Crippen molar-refractivity contribution in [2.75, 3.05) is 12.4 Å². The first-order chi connectivity index (χ1) is 13.2. The third kappa shape index (κ3) is 5.56. The molecule has 0 atom stereocenters. The van der Waals surface area contributed by atoms with Gasteiger partial charge in [-0.1, -0.05) is 31.0 Å². The van der Waals surface area contributed by atoms with Crippen LogP contribution in [0.25, 0.3) is 0 Å². The van der Waals surface area contributed by atoms with E-state index < -0.39 is 0 Å². The number of thioether (sulfide) groups is 1. The predicted molar refractivity (Wildman–Crippen MR) is 105 cm³/mol. The van der Waals surface area contributed by atoms with Crippen molar-refractivity contribution in [1.29, 1.82) is 0 Å². The summed E-state index contributed by atoms with van der Waals surface area (Å²) in [4.78, 5) is 23.5. The molecule has 1 aliphatic heterocycles. The Balaban J connectivity index is 1.68. The van der Waals surface area contributed by atoms with Gasteiger partial charge in [0.05, 0.1) is 24.5 Å². The largest absolute Gasteiger partial charge is 0.490 e. The number of nitrogens with zero attached hydrogens (tertiary/aromatic N) is 2. The minimum absolute atomic E-state index is 0.0237. The zero-order valence-electron chi connectivity index (χ0n) is 15.3. The van der Waals surface area contributed by atoms with Crippen molar-refractivity contribution < 1.29 is 19.1 Å². The lowest BCUT2D eigenvalue weighted by molar-refractivity contribution is -0.140. The number of rotatable bonds is 6. The van der Waals surface area contributed by atoms with E-state index in [0.717, 1.165) is 31.2 Å². The highest BCUT2D eigenvalue weighted by Crippen LogP contribution is 2.31. The summed E-state index contributed by atoms with van der Waals surface area (Å²) in [5, 5.41) is 11.1. The van der Waals surface area contributed by atoms with Crippen molar-refractivity contribution in [3.05, 3.63) is 23.8 Å². The van der Waals surface area contributed by atoms with Gasteiger partial charge in [-0.05, 0) is 43.5 Å². The number of hydrogen-bond acceptors (Lipinski definition) is 7. The number of esters is 1.